The van der Waals surface area contributed by atoms with Crippen LogP contribution in [0.25, 0.3) is 0 Å². The third-order valence-corrected chi connectivity index (χ3v) is 3.96. The zero-order chi connectivity index (χ0) is 15.1. The third-order valence-electron chi connectivity index (χ3n) is 3.42. The van der Waals surface area contributed by atoms with Gasteiger partial charge in [0.25, 0.3) is 5.91 Å². The zero-order valence-electron chi connectivity index (χ0n) is 11.9. The lowest BCUT2D eigenvalue weighted by atomic mass is 10.3. The van der Waals surface area contributed by atoms with Gasteiger partial charge in [0.05, 0.1) is 5.02 Å². The Morgan fingerprint density at radius 3 is 2.76 bits per heavy atom. The number of hydrogen-bond acceptors (Lipinski definition) is 3. The van der Waals surface area contributed by atoms with Crippen molar-refractivity contribution in [1.29, 1.82) is 0 Å². The molecule has 2 rings (SSSR count). The summed E-state index contributed by atoms with van der Waals surface area (Å²) < 4.78 is 5.37. The van der Waals surface area contributed by atoms with Crippen LogP contribution in [0.15, 0.2) is 18.2 Å². The van der Waals surface area contributed by atoms with Gasteiger partial charge in [0.15, 0.2) is 6.61 Å². The molecule has 116 valence electrons. The molecule has 1 fully saturated rings. The Balaban J connectivity index is 1.60. The Kier molecular flexibility index (Phi) is 6.61. The summed E-state index contributed by atoms with van der Waals surface area (Å²) in [5, 5.41) is 3.80. The summed E-state index contributed by atoms with van der Waals surface area (Å²) in [5.74, 6) is 0.329. The van der Waals surface area contributed by atoms with E-state index in [1.165, 1.54) is 25.9 Å². The van der Waals surface area contributed by atoms with Gasteiger partial charge in [-0.15, -0.1) is 0 Å². The van der Waals surface area contributed by atoms with Crippen molar-refractivity contribution in [1.82, 2.24) is 10.2 Å². The van der Waals surface area contributed by atoms with Crippen LogP contribution in [-0.4, -0.2) is 43.6 Å². The fraction of sp³-hybridized carbons (Fsp3) is 0.533. The molecule has 0 radical (unpaired) electrons. The molecule has 1 amide bonds. The predicted octanol–water partition coefficient (Wildman–Crippen LogP) is 2.97. The first-order valence-electron chi connectivity index (χ1n) is 7.22. The molecule has 1 aromatic carbocycles. The zero-order valence-corrected chi connectivity index (χ0v) is 13.4. The van der Waals surface area contributed by atoms with Gasteiger partial charge in [-0.1, -0.05) is 23.2 Å². The van der Waals surface area contributed by atoms with Crippen LogP contribution < -0.4 is 10.1 Å². The van der Waals surface area contributed by atoms with E-state index >= 15 is 0 Å². The summed E-state index contributed by atoms with van der Waals surface area (Å²) in [6.45, 7) is 4.06. The number of carbonyl (C=O) groups excluding carboxylic acids is 1. The Labute approximate surface area is 135 Å². The second-order valence-corrected chi connectivity index (χ2v) is 5.96. The molecule has 0 aromatic heterocycles. The fourth-order valence-corrected chi connectivity index (χ4v) is 2.79. The van der Waals surface area contributed by atoms with Crippen LogP contribution in [0.1, 0.15) is 19.3 Å². The normalized spacial score (nSPS) is 15.1. The lowest BCUT2D eigenvalue weighted by Crippen LogP contribution is -2.32. The van der Waals surface area contributed by atoms with Crippen LogP contribution in [-0.2, 0) is 4.79 Å². The lowest BCUT2D eigenvalue weighted by Gasteiger charge is -2.14. The third kappa shape index (κ3) is 5.73. The van der Waals surface area contributed by atoms with Gasteiger partial charge >= 0.3 is 0 Å². The summed E-state index contributed by atoms with van der Waals surface area (Å²) in [6, 6.07) is 4.93. The monoisotopic (exact) mass is 330 g/mol. The Morgan fingerprint density at radius 2 is 2.05 bits per heavy atom. The van der Waals surface area contributed by atoms with E-state index in [9.17, 15) is 4.79 Å². The number of benzene rings is 1. The first-order chi connectivity index (χ1) is 10.1. The molecular formula is C15H20Cl2N2O2. The number of likely N-dealkylation sites (tertiary alicyclic amines) is 1. The smallest absolute Gasteiger partial charge is 0.257 e. The van der Waals surface area contributed by atoms with E-state index < -0.39 is 0 Å². The highest BCUT2D eigenvalue weighted by Crippen LogP contribution is 2.27. The van der Waals surface area contributed by atoms with Crippen LogP contribution in [0.3, 0.4) is 0 Å². The van der Waals surface area contributed by atoms with Crippen molar-refractivity contribution in [2.24, 2.45) is 0 Å². The van der Waals surface area contributed by atoms with Crippen LogP contribution in [0, 0.1) is 0 Å². The lowest BCUT2D eigenvalue weighted by molar-refractivity contribution is -0.123. The van der Waals surface area contributed by atoms with Crippen molar-refractivity contribution in [3.05, 3.63) is 28.2 Å². The minimum absolute atomic E-state index is 0.0366. The molecule has 0 aliphatic carbocycles. The SMILES string of the molecule is O=C(COc1ccc(Cl)cc1Cl)NCCCN1CCCC1. The van der Waals surface area contributed by atoms with Crippen LogP contribution in [0.2, 0.25) is 10.0 Å². The van der Waals surface area contributed by atoms with Crippen molar-refractivity contribution in [2.45, 2.75) is 19.3 Å². The number of nitrogens with one attached hydrogen (secondary N) is 1. The molecule has 1 heterocycles. The second-order valence-electron chi connectivity index (χ2n) is 5.12. The van der Waals surface area contributed by atoms with E-state index in [1.807, 2.05) is 0 Å². The maximum atomic E-state index is 11.7. The van der Waals surface area contributed by atoms with Crippen LogP contribution in [0.4, 0.5) is 0 Å². The van der Waals surface area contributed by atoms with Crippen molar-refractivity contribution in [3.63, 3.8) is 0 Å². The minimum atomic E-state index is -0.137. The largest absolute Gasteiger partial charge is 0.482 e. The number of hydrogen-bond donors (Lipinski definition) is 1. The molecule has 0 unspecified atom stereocenters. The van der Waals surface area contributed by atoms with Gasteiger partial charge in [0.1, 0.15) is 5.75 Å². The summed E-state index contributed by atoms with van der Waals surface area (Å²) in [4.78, 5) is 14.1. The highest BCUT2D eigenvalue weighted by atomic mass is 35.5. The summed E-state index contributed by atoms with van der Waals surface area (Å²) in [7, 11) is 0. The Bertz CT molecular complexity index is 477. The van der Waals surface area contributed by atoms with E-state index in [0.29, 0.717) is 22.3 Å². The number of rotatable bonds is 7. The highest BCUT2D eigenvalue weighted by Gasteiger charge is 2.11. The van der Waals surface area contributed by atoms with Crippen LogP contribution in [0.5, 0.6) is 5.75 Å². The molecule has 4 nitrogen and oxygen atoms in total. The quantitative estimate of drug-likeness (QED) is 0.781. The maximum absolute atomic E-state index is 11.7. The number of amides is 1. The van der Waals surface area contributed by atoms with Gasteiger partial charge in [0, 0.05) is 11.6 Å². The maximum Gasteiger partial charge on any atom is 0.257 e. The molecule has 0 saturated carbocycles. The Hall–Kier alpha value is -0.970. The van der Waals surface area contributed by atoms with E-state index in [2.05, 4.69) is 10.2 Å². The first-order valence-corrected chi connectivity index (χ1v) is 7.97. The van der Waals surface area contributed by atoms with Crippen molar-refractivity contribution in [2.75, 3.05) is 32.8 Å². The van der Waals surface area contributed by atoms with Crippen molar-refractivity contribution >= 4 is 29.1 Å². The van der Waals surface area contributed by atoms with Gasteiger partial charge in [-0.25, -0.2) is 0 Å². The average Bonchev–Trinajstić information content (AvgIpc) is 2.96. The topological polar surface area (TPSA) is 41.6 Å². The standard InChI is InChI=1S/C15H20Cl2N2O2/c16-12-4-5-14(13(17)10-12)21-11-15(20)18-6-3-9-19-7-1-2-8-19/h4-5,10H,1-3,6-9,11H2,(H,18,20). The molecule has 6 heteroatoms. The molecular weight excluding hydrogens is 311 g/mol. The molecule has 21 heavy (non-hydrogen) atoms. The van der Waals surface area contributed by atoms with Crippen molar-refractivity contribution < 1.29 is 9.53 Å². The number of nitrogens with zero attached hydrogens (tertiary/aromatic N) is 1. The molecule has 1 aromatic rings. The molecule has 0 spiro atoms. The first kappa shape index (κ1) is 16.4. The Morgan fingerprint density at radius 1 is 1.29 bits per heavy atom. The van der Waals surface area contributed by atoms with E-state index in [0.717, 1.165) is 13.0 Å². The fourth-order valence-electron chi connectivity index (χ4n) is 2.32. The molecule has 1 saturated heterocycles. The molecule has 1 aliphatic heterocycles. The second kappa shape index (κ2) is 8.47. The summed E-state index contributed by atoms with van der Waals surface area (Å²) >= 11 is 11.8. The molecule has 0 atom stereocenters. The molecule has 0 bridgehead atoms. The molecule has 1 N–H and O–H groups in total. The van der Waals surface area contributed by atoms with Crippen LogP contribution >= 0.6 is 23.2 Å². The number of ether oxygens (including phenoxy) is 1. The summed E-state index contributed by atoms with van der Waals surface area (Å²) in [6.07, 6.45) is 3.55. The minimum Gasteiger partial charge on any atom is -0.482 e. The van der Waals surface area contributed by atoms with E-state index in [-0.39, 0.29) is 12.5 Å². The number of carbonyl (C=O) groups is 1. The van der Waals surface area contributed by atoms with Gasteiger partial charge in [0.2, 0.25) is 0 Å². The van der Waals surface area contributed by atoms with Gasteiger partial charge < -0.3 is 15.0 Å². The van der Waals surface area contributed by atoms with E-state index in [4.69, 9.17) is 27.9 Å². The summed E-state index contributed by atoms with van der Waals surface area (Å²) in [5.41, 5.74) is 0. The van der Waals surface area contributed by atoms with E-state index in [1.54, 1.807) is 18.2 Å². The molecule has 1 aliphatic rings. The van der Waals surface area contributed by atoms with Crippen molar-refractivity contribution in [3.8, 4) is 5.75 Å². The van der Waals surface area contributed by atoms with Gasteiger partial charge in [-0.3, -0.25) is 4.79 Å². The highest BCUT2D eigenvalue weighted by molar-refractivity contribution is 6.35. The predicted molar refractivity (Wildman–Crippen MR) is 85.3 cm³/mol. The van der Waals surface area contributed by atoms with Gasteiger partial charge in [-0.05, 0) is 57.1 Å². The van der Waals surface area contributed by atoms with Gasteiger partial charge in [-0.2, -0.15) is 0 Å². The number of halogens is 2. The average molecular weight is 331 g/mol.